The van der Waals surface area contributed by atoms with Crippen molar-refractivity contribution in [2.45, 2.75) is 17.9 Å². The molecule has 0 aliphatic rings. The van der Waals surface area contributed by atoms with Gasteiger partial charge in [0.25, 0.3) is 0 Å². The lowest BCUT2D eigenvalue weighted by molar-refractivity contribution is -0.119. The molecule has 0 aliphatic carbocycles. The van der Waals surface area contributed by atoms with Gasteiger partial charge >= 0.3 is 0 Å². The summed E-state index contributed by atoms with van der Waals surface area (Å²) >= 11 is 1.65. The van der Waals surface area contributed by atoms with Crippen LogP contribution in [0.5, 0.6) is 0 Å². The zero-order chi connectivity index (χ0) is 19.1. The molecule has 27 heavy (non-hydrogen) atoms. The van der Waals surface area contributed by atoms with Gasteiger partial charge in [-0.05, 0) is 18.1 Å². The first-order chi connectivity index (χ1) is 13.2. The lowest BCUT2D eigenvalue weighted by atomic mass is 9.88. The largest absolute Gasteiger partial charge is 0.299 e. The fraction of sp³-hybridized carbons (Fsp3) is 0.167. The van der Waals surface area contributed by atoms with E-state index in [2.05, 4.69) is 12.1 Å². The van der Waals surface area contributed by atoms with Crippen molar-refractivity contribution in [3.63, 3.8) is 0 Å². The van der Waals surface area contributed by atoms with E-state index < -0.39 is 5.92 Å². The van der Waals surface area contributed by atoms with Gasteiger partial charge in [0.05, 0.1) is 5.92 Å². The third-order valence-electron chi connectivity index (χ3n) is 4.48. The summed E-state index contributed by atoms with van der Waals surface area (Å²) in [5.74, 6) is -0.175. The summed E-state index contributed by atoms with van der Waals surface area (Å²) in [5, 5.41) is -0.225. The summed E-state index contributed by atoms with van der Waals surface area (Å²) in [6.07, 6.45) is 0. The maximum atomic E-state index is 13.2. The average molecular weight is 375 g/mol. The molecular weight excluding hydrogens is 352 g/mol. The highest BCUT2D eigenvalue weighted by atomic mass is 32.2. The standard InChI is InChI=1S/C24H22O2S/c1-18(25)22(23(26)20-13-7-3-8-14-20)24(21-15-9-4-10-16-21)27-17-19-11-5-2-6-12-19/h2-16,22,24H,17H2,1H3. The molecule has 0 saturated carbocycles. The first-order valence-electron chi connectivity index (χ1n) is 8.97. The summed E-state index contributed by atoms with van der Waals surface area (Å²) in [5.41, 5.74) is 2.76. The number of thioether (sulfide) groups is 1. The molecule has 0 radical (unpaired) electrons. The fourth-order valence-electron chi connectivity index (χ4n) is 3.11. The van der Waals surface area contributed by atoms with E-state index in [-0.39, 0.29) is 16.8 Å². The number of carbonyl (C=O) groups excluding carboxylic acids is 2. The van der Waals surface area contributed by atoms with E-state index in [1.165, 1.54) is 12.5 Å². The molecule has 0 aromatic heterocycles. The highest BCUT2D eigenvalue weighted by Gasteiger charge is 2.34. The Labute approximate surface area is 164 Å². The Morgan fingerprint density at radius 1 is 0.778 bits per heavy atom. The predicted octanol–water partition coefficient (Wildman–Crippen LogP) is 5.75. The van der Waals surface area contributed by atoms with Crippen molar-refractivity contribution in [3.05, 3.63) is 108 Å². The second-order valence-corrected chi connectivity index (χ2v) is 7.58. The van der Waals surface area contributed by atoms with Gasteiger partial charge < -0.3 is 0 Å². The number of benzene rings is 3. The quantitative estimate of drug-likeness (QED) is 0.372. The molecule has 0 N–H and O–H groups in total. The molecule has 0 saturated heterocycles. The van der Waals surface area contributed by atoms with Crippen LogP contribution in [-0.4, -0.2) is 11.6 Å². The van der Waals surface area contributed by atoms with E-state index in [0.717, 1.165) is 11.3 Å². The minimum Gasteiger partial charge on any atom is -0.299 e. The lowest BCUT2D eigenvalue weighted by Crippen LogP contribution is -2.27. The highest BCUT2D eigenvalue weighted by Crippen LogP contribution is 2.40. The van der Waals surface area contributed by atoms with E-state index in [0.29, 0.717) is 5.56 Å². The molecule has 0 aliphatic heterocycles. The minimum atomic E-state index is -0.705. The molecule has 0 fully saturated rings. The zero-order valence-corrected chi connectivity index (χ0v) is 16.1. The molecular formula is C24H22O2S. The fourth-order valence-corrected chi connectivity index (χ4v) is 4.53. The van der Waals surface area contributed by atoms with E-state index in [9.17, 15) is 9.59 Å². The molecule has 0 spiro atoms. The molecule has 3 aromatic rings. The van der Waals surface area contributed by atoms with E-state index in [4.69, 9.17) is 0 Å². The second kappa shape index (κ2) is 9.33. The predicted molar refractivity (Wildman–Crippen MR) is 112 cm³/mol. The summed E-state index contributed by atoms with van der Waals surface area (Å²) in [6, 6.07) is 29.1. The van der Waals surface area contributed by atoms with Crippen molar-refractivity contribution in [2.24, 2.45) is 5.92 Å². The highest BCUT2D eigenvalue weighted by molar-refractivity contribution is 7.98. The number of Topliss-reactive ketones (excluding diaryl/α,β-unsaturated/α-hetero) is 2. The van der Waals surface area contributed by atoms with Crippen molar-refractivity contribution >= 4 is 23.3 Å². The van der Waals surface area contributed by atoms with Gasteiger partial charge in [-0.3, -0.25) is 9.59 Å². The molecule has 0 bridgehead atoms. The van der Waals surface area contributed by atoms with Gasteiger partial charge in [0.1, 0.15) is 5.78 Å². The van der Waals surface area contributed by atoms with Gasteiger partial charge in [0.2, 0.25) is 0 Å². The Morgan fingerprint density at radius 3 is 1.85 bits per heavy atom. The maximum absolute atomic E-state index is 13.2. The molecule has 2 unspecified atom stereocenters. The summed E-state index contributed by atoms with van der Waals surface area (Å²) in [6.45, 7) is 1.52. The molecule has 3 aromatic carbocycles. The van der Waals surface area contributed by atoms with Crippen LogP contribution < -0.4 is 0 Å². The first-order valence-corrected chi connectivity index (χ1v) is 10.0. The Kier molecular flexibility index (Phi) is 6.61. The normalized spacial score (nSPS) is 12.9. The van der Waals surface area contributed by atoms with E-state index >= 15 is 0 Å². The van der Waals surface area contributed by atoms with Gasteiger partial charge in [0, 0.05) is 16.6 Å². The number of carbonyl (C=O) groups is 2. The van der Waals surface area contributed by atoms with Crippen LogP contribution in [0.2, 0.25) is 0 Å². The number of rotatable bonds is 8. The third-order valence-corrected chi connectivity index (χ3v) is 5.89. The third kappa shape index (κ3) is 4.95. The van der Waals surface area contributed by atoms with Crippen molar-refractivity contribution in [1.29, 1.82) is 0 Å². The van der Waals surface area contributed by atoms with E-state index in [1.807, 2.05) is 66.7 Å². The van der Waals surface area contributed by atoms with Crippen LogP contribution in [-0.2, 0) is 10.5 Å². The molecule has 136 valence electrons. The lowest BCUT2D eigenvalue weighted by Gasteiger charge is -2.24. The molecule has 2 nitrogen and oxygen atoms in total. The Hall–Kier alpha value is -2.65. The van der Waals surface area contributed by atoms with Crippen LogP contribution in [0.1, 0.15) is 33.7 Å². The summed E-state index contributed by atoms with van der Waals surface area (Å²) in [4.78, 5) is 25.7. The van der Waals surface area contributed by atoms with Crippen LogP contribution in [0, 0.1) is 5.92 Å². The second-order valence-electron chi connectivity index (χ2n) is 6.45. The Bertz CT molecular complexity index is 876. The van der Waals surface area contributed by atoms with Gasteiger partial charge in [0.15, 0.2) is 5.78 Å². The number of hydrogen-bond acceptors (Lipinski definition) is 3. The van der Waals surface area contributed by atoms with Crippen LogP contribution in [0.3, 0.4) is 0 Å². The minimum absolute atomic E-state index is 0.0988. The molecule has 0 amide bonds. The average Bonchev–Trinajstić information content (AvgIpc) is 2.72. The van der Waals surface area contributed by atoms with Crippen LogP contribution in [0.15, 0.2) is 91.0 Å². The van der Waals surface area contributed by atoms with Crippen molar-refractivity contribution in [3.8, 4) is 0 Å². The molecule has 3 heteroatoms. The first kappa shape index (κ1) is 19.1. The van der Waals surface area contributed by atoms with Crippen molar-refractivity contribution in [1.82, 2.24) is 0 Å². The molecule has 2 atom stereocenters. The van der Waals surface area contributed by atoms with Crippen LogP contribution in [0.25, 0.3) is 0 Å². The monoisotopic (exact) mass is 374 g/mol. The van der Waals surface area contributed by atoms with E-state index in [1.54, 1.807) is 23.9 Å². The topological polar surface area (TPSA) is 34.1 Å². The SMILES string of the molecule is CC(=O)C(C(=O)c1ccccc1)C(SCc1ccccc1)c1ccccc1. The number of hydrogen-bond donors (Lipinski definition) is 0. The van der Waals surface area contributed by atoms with Crippen molar-refractivity contribution < 1.29 is 9.59 Å². The maximum Gasteiger partial charge on any atom is 0.174 e. The zero-order valence-electron chi connectivity index (χ0n) is 15.2. The van der Waals surface area contributed by atoms with Crippen molar-refractivity contribution in [2.75, 3.05) is 0 Å². The van der Waals surface area contributed by atoms with Gasteiger partial charge in [-0.25, -0.2) is 0 Å². The smallest absolute Gasteiger partial charge is 0.174 e. The Morgan fingerprint density at radius 2 is 1.30 bits per heavy atom. The summed E-state index contributed by atoms with van der Waals surface area (Å²) in [7, 11) is 0. The van der Waals surface area contributed by atoms with Gasteiger partial charge in [-0.2, -0.15) is 0 Å². The summed E-state index contributed by atoms with van der Waals surface area (Å²) < 4.78 is 0. The molecule has 0 heterocycles. The Balaban J connectivity index is 1.93. The van der Waals surface area contributed by atoms with Crippen LogP contribution in [0.4, 0.5) is 0 Å². The molecule has 3 rings (SSSR count). The van der Waals surface area contributed by atoms with Crippen LogP contribution >= 0.6 is 11.8 Å². The van der Waals surface area contributed by atoms with Gasteiger partial charge in [-0.15, -0.1) is 11.8 Å². The number of ketones is 2. The van der Waals surface area contributed by atoms with Gasteiger partial charge in [-0.1, -0.05) is 91.0 Å².